The lowest BCUT2D eigenvalue weighted by Gasteiger charge is -2.37. The Morgan fingerprint density at radius 3 is 2.27 bits per heavy atom. The summed E-state index contributed by atoms with van der Waals surface area (Å²) in [6.07, 6.45) is 2.49. The fourth-order valence-corrected chi connectivity index (χ4v) is 4.01. The van der Waals surface area contributed by atoms with Gasteiger partial charge in [0.15, 0.2) is 0 Å². The molecule has 4 nitrogen and oxygen atoms in total. The maximum Gasteiger partial charge on any atom is 0.397 e. The first-order valence-corrected chi connectivity index (χ1v) is 6.69. The van der Waals surface area contributed by atoms with Crippen molar-refractivity contribution in [1.82, 2.24) is 0 Å². The normalized spacial score (nSPS) is 43.5. The highest BCUT2D eigenvalue weighted by molar-refractivity contribution is 7.80. The van der Waals surface area contributed by atoms with Crippen LogP contribution < -0.4 is 0 Å². The average Bonchev–Trinajstić information content (AvgIpc) is 2.34. The topological polar surface area (TPSA) is 63.6 Å². The zero-order valence-corrected chi connectivity index (χ0v) is 10.2. The van der Waals surface area contributed by atoms with E-state index in [-0.39, 0.29) is 16.9 Å². The molecule has 5 heteroatoms. The van der Waals surface area contributed by atoms with E-state index in [1.54, 1.807) is 0 Å². The van der Waals surface area contributed by atoms with E-state index in [0.29, 0.717) is 5.92 Å². The Balaban J connectivity index is 2.27. The number of rotatable bonds is 2. The van der Waals surface area contributed by atoms with Crippen molar-refractivity contribution >= 4 is 10.4 Å². The molecule has 2 fully saturated rings. The Morgan fingerprint density at radius 1 is 1.33 bits per heavy atom. The molecular weight excluding hydrogens is 216 g/mol. The molecule has 0 amide bonds. The van der Waals surface area contributed by atoms with Crippen molar-refractivity contribution < 1.29 is 17.2 Å². The number of hydrogen-bond acceptors (Lipinski definition) is 3. The van der Waals surface area contributed by atoms with Gasteiger partial charge in [-0.05, 0) is 30.6 Å². The second-order valence-electron chi connectivity index (χ2n) is 5.62. The molecule has 0 aliphatic heterocycles. The lowest BCUT2D eigenvalue weighted by Crippen LogP contribution is -2.38. The van der Waals surface area contributed by atoms with E-state index in [4.69, 9.17) is 8.74 Å². The van der Waals surface area contributed by atoms with Crippen LogP contribution in [0.2, 0.25) is 0 Å². The molecule has 2 saturated carbocycles. The predicted octanol–water partition coefficient (Wildman–Crippen LogP) is 2.02. The molecule has 0 heterocycles. The van der Waals surface area contributed by atoms with Crippen LogP contribution in [-0.2, 0) is 14.6 Å². The van der Waals surface area contributed by atoms with E-state index in [1.165, 1.54) is 0 Å². The zero-order chi connectivity index (χ0) is 11.5. The van der Waals surface area contributed by atoms with Crippen LogP contribution in [0, 0.1) is 16.7 Å². The fraction of sp³-hybridized carbons (Fsp3) is 1.00. The molecule has 2 aliphatic rings. The van der Waals surface area contributed by atoms with E-state index in [0.717, 1.165) is 19.3 Å². The van der Waals surface area contributed by atoms with Crippen LogP contribution >= 0.6 is 0 Å². The molecule has 0 saturated heterocycles. The quantitative estimate of drug-likeness (QED) is 0.742. The minimum atomic E-state index is -4.32. The summed E-state index contributed by atoms with van der Waals surface area (Å²) in [5, 5.41) is 0. The summed E-state index contributed by atoms with van der Waals surface area (Å²) in [4.78, 5) is 0. The molecule has 15 heavy (non-hydrogen) atoms. The first kappa shape index (κ1) is 11.4. The fourth-order valence-electron chi connectivity index (χ4n) is 3.42. The second kappa shape index (κ2) is 2.96. The van der Waals surface area contributed by atoms with Crippen molar-refractivity contribution in [1.29, 1.82) is 0 Å². The summed E-state index contributed by atoms with van der Waals surface area (Å²) in [5.41, 5.74) is -0.0319. The molecule has 2 bridgehead atoms. The molecular formula is C10H18O4S. The van der Waals surface area contributed by atoms with Gasteiger partial charge in [0, 0.05) is 5.41 Å². The van der Waals surface area contributed by atoms with Crippen molar-refractivity contribution in [2.45, 2.75) is 46.1 Å². The van der Waals surface area contributed by atoms with Gasteiger partial charge in [0.1, 0.15) is 0 Å². The van der Waals surface area contributed by atoms with Crippen LogP contribution in [0.5, 0.6) is 0 Å². The van der Waals surface area contributed by atoms with Crippen LogP contribution in [0.1, 0.15) is 40.0 Å². The second-order valence-corrected chi connectivity index (χ2v) is 6.67. The van der Waals surface area contributed by atoms with Gasteiger partial charge in [0.2, 0.25) is 0 Å². The van der Waals surface area contributed by atoms with Crippen molar-refractivity contribution in [3.63, 3.8) is 0 Å². The van der Waals surface area contributed by atoms with Crippen LogP contribution in [0.15, 0.2) is 0 Å². The van der Waals surface area contributed by atoms with Gasteiger partial charge in [-0.2, -0.15) is 8.42 Å². The highest BCUT2D eigenvalue weighted by atomic mass is 32.3. The van der Waals surface area contributed by atoms with Crippen molar-refractivity contribution in [3.8, 4) is 0 Å². The Kier molecular flexibility index (Phi) is 2.24. The predicted molar refractivity (Wildman–Crippen MR) is 55.7 cm³/mol. The smallest absolute Gasteiger partial charge is 0.264 e. The van der Waals surface area contributed by atoms with Crippen LogP contribution in [-0.4, -0.2) is 19.1 Å². The molecule has 0 aromatic heterocycles. The van der Waals surface area contributed by atoms with Crippen LogP contribution in [0.3, 0.4) is 0 Å². The Morgan fingerprint density at radius 2 is 1.93 bits per heavy atom. The van der Waals surface area contributed by atoms with E-state index in [1.807, 2.05) is 0 Å². The Bertz CT molecular complexity index is 373. The lowest BCUT2D eigenvalue weighted by atomic mass is 9.70. The van der Waals surface area contributed by atoms with E-state index >= 15 is 0 Å². The molecule has 3 atom stereocenters. The van der Waals surface area contributed by atoms with Crippen LogP contribution in [0.25, 0.3) is 0 Å². The van der Waals surface area contributed by atoms with E-state index < -0.39 is 10.4 Å². The van der Waals surface area contributed by atoms with Gasteiger partial charge < -0.3 is 0 Å². The Labute approximate surface area is 91.0 Å². The molecule has 0 spiro atoms. The Hall–Kier alpha value is -0.130. The minimum Gasteiger partial charge on any atom is -0.264 e. The average molecular weight is 234 g/mol. The highest BCUT2D eigenvalue weighted by Crippen LogP contribution is 2.66. The molecule has 88 valence electrons. The number of hydrogen-bond donors (Lipinski definition) is 1. The van der Waals surface area contributed by atoms with E-state index in [9.17, 15) is 8.42 Å². The maximum absolute atomic E-state index is 10.8. The SMILES string of the molecule is CC1(C)C2CCC1(C)[C@@H](OS(=O)(=O)O)C2. The van der Waals surface area contributed by atoms with Gasteiger partial charge in [-0.15, -0.1) is 0 Å². The van der Waals surface area contributed by atoms with Gasteiger partial charge in [0.25, 0.3) is 0 Å². The van der Waals surface area contributed by atoms with Crippen molar-refractivity contribution in [2.75, 3.05) is 0 Å². The van der Waals surface area contributed by atoms with Crippen LogP contribution in [0.4, 0.5) is 0 Å². The molecule has 1 N–H and O–H groups in total. The molecule has 0 radical (unpaired) electrons. The molecule has 2 unspecified atom stereocenters. The summed E-state index contributed by atoms with van der Waals surface area (Å²) in [5.74, 6) is 0.509. The largest absolute Gasteiger partial charge is 0.397 e. The maximum atomic E-state index is 10.8. The molecule has 0 aromatic rings. The van der Waals surface area contributed by atoms with Gasteiger partial charge in [-0.3, -0.25) is 4.55 Å². The minimum absolute atomic E-state index is 0.0996. The van der Waals surface area contributed by atoms with Gasteiger partial charge in [-0.1, -0.05) is 20.8 Å². The summed E-state index contributed by atoms with van der Waals surface area (Å²) < 4.78 is 35.0. The monoisotopic (exact) mass is 234 g/mol. The standard InChI is InChI=1S/C10H18O4S/c1-9(2)7-4-5-10(9,3)8(6-7)14-15(11,12)13/h7-8H,4-6H2,1-3H3,(H,11,12,13)/t7?,8-,10?/m0/s1. The molecule has 2 rings (SSSR count). The third kappa shape index (κ3) is 1.52. The van der Waals surface area contributed by atoms with Gasteiger partial charge in [0.05, 0.1) is 6.10 Å². The first-order valence-electron chi connectivity index (χ1n) is 5.32. The zero-order valence-electron chi connectivity index (χ0n) is 9.36. The lowest BCUT2D eigenvalue weighted by molar-refractivity contribution is 0.0271. The summed E-state index contributed by atoms with van der Waals surface area (Å²) in [6, 6.07) is 0. The van der Waals surface area contributed by atoms with Crippen molar-refractivity contribution in [2.24, 2.45) is 16.7 Å². The highest BCUT2D eigenvalue weighted by Gasteiger charge is 2.62. The molecule has 0 aromatic carbocycles. The third-order valence-electron chi connectivity index (χ3n) is 4.95. The van der Waals surface area contributed by atoms with Crippen molar-refractivity contribution in [3.05, 3.63) is 0 Å². The summed E-state index contributed by atoms with van der Waals surface area (Å²) >= 11 is 0. The summed E-state index contributed by atoms with van der Waals surface area (Å²) in [7, 11) is -4.32. The van der Waals surface area contributed by atoms with E-state index in [2.05, 4.69) is 20.8 Å². The van der Waals surface area contributed by atoms with Gasteiger partial charge in [-0.25, -0.2) is 4.18 Å². The van der Waals surface area contributed by atoms with Gasteiger partial charge >= 0.3 is 10.4 Å². The summed E-state index contributed by atoms with van der Waals surface area (Å²) in [6.45, 7) is 6.39. The first-order chi connectivity index (χ1) is 6.67. The molecule has 2 aliphatic carbocycles. The third-order valence-corrected chi connectivity index (χ3v) is 5.43. The number of fused-ring (bicyclic) bond motifs is 2.